The summed E-state index contributed by atoms with van der Waals surface area (Å²) in [6.45, 7) is 1.58. The lowest BCUT2D eigenvalue weighted by molar-refractivity contribution is -0.133. The van der Waals surface area contributed by atoms with E-state index in [0.29, 0.717) is 33.4 Å². The molecule has 8 heteroatoms. The van der Waals surface area contributed by atoms with E-state index in [1.807, 2.05) is 0 Å². The van der Waals surface area contributed by atoms with Crippen molar-refractivity contribution in [2.75, 3.05) is 7.05 Å². The van der Waals surface area contributed by atoms with Crippen LogP contribution in [0.4, 0.5) is 0 Å². The van der Waals surface area contributed by atoms with E-state index in [4.69, 9.17) is 26.3 Å². The highest BCUT2D eigenvalue weighted by Gasteiger charge is 2.18. The van der Waals surface area contributed by atoms with Crippen LogP contribution in [-0.2, 0) is 4.79 Å². The van der Waals surface area contributed by atoms with Crippen LogP contribution >= 0.6 is 11.6 Å². The van der Waals surface area contributed by atoms with Crippen molar-refractivity contribution in [1.82, 2.24) is 14.9 Å². The molecule has 0 aliphatic carbocycles. The fraction of sp³-hybridized carbons (Fsp3) is 0.158. The zero-order valence-electron chi connectivity index (χ0n) is 14.6. The van der Waals surface area contributed by atoms with Gasteiger partial charge in [0.15, 0.2) is 12.3 Å². The SMILES string of the molecule is CC(Oc1ccc(Oc2cnc3cc(Cl)ccc3n2)cc1)C(=O)N(C)C#N. The summed E-state index contributed by atoms with van der Waals surface area (Å²) >= 11 is 5.93. The number of rotatable bonds is 5. The minimum atomic E-state index is -0.778. The second-order valence-electron chi connectivity index (χ2n) is 5.67. The molecule has 0 fully saturated rings. The minimum absolute atomic E-state index is 0.345. The Bertz CT molecular complexity index is 1020. The Labute approximate surface area is 160 Å². The smallest absolute Gasteiger partial charge is 0.276 e. The van der Waals surface area contributed by atoms with Crippen LogP contribution in [0.5, 0.6) is 17.4 Å². The number of carbonyl (C=O) groups excluding carboxylic acids is 1. The summed E-state index contributed by atoms with van der Waals surface area (Å²) in [5, 5.41) is 9.33. The predicted octanol–water partition coefficient (Wildman–Crippen LogP) is 3.78. The number of hydrogen-bond acceptors (Lipinski definition) is 6. The average molecular weight is 383 g/mol. The molecule has 3 aromatic rings. The van der Waals surface area contributed by atoms with Crippen molar-refractivity contribution in [3.05, 3.63) is 53.7 Å². The molecule has 1 atom stereocenters. The van der Waals surface area contributed by atoms with Crippen LogP contribution in [0, 0.1) is 11.5 Å². The van der Waals surface area contributed by atoms with Gasteiger partial charge in [-0.3, -0.25) is 4.79 Å². The average Bonchev–Trinajstić information content (AvgIpc) is 2.68. The topological polar surface area (TPSA) is 88.3 Å². The van der Waals surface area contributed by atoms with Crippen LogP contribution in [0.15, 0.2) is 48.7 Å². The molecule has 0 aliphatic rings. The third-order valence-corrected chi connectivity index (χ3v) is 3.90. The lowest BCUT2D eigenvalue weighted by Crippen LogP contribution is -2.35. The van der Waals surface area contributed by atoms with Crippen molar-refractivity contribution >= 4 is 28.5 Å². The van der Waals surface area contributed by atoms with E-state index in [9.17, 15) is 4.79 Å². The van der Waals surface area contributed by atoms with Gasteiger partial charge in [-0.05, 0) is 49.4 Å². The Kier molecular flexibility index (Phi) is 5.38. The minimum Gasteiger partial charge on any atom is -0.481 e. The standard InChI is InChI=1S/C19H15ClN4O3/c1-12(19(25)24(2)11-21)26-14-4-6-15(7-5-14)27-18-10-22-17-9-13(20)3-8-16(17)23-18/h3-10,12H,1-2H3. The Balaban J connectivity index is 1.68. The zero-order chi connectivity index (χ0) is 19.4. The van der Waals surface area contributed by atoms with Gasteiger partial charge < -0.3 is 9.47 Å². The molecular weight excluding hydrogens is 368 g/mol. The maximum absolute atomic E-state index is 11.8. The third kappa shape index (κ3) is 4.43. The number of fused-ring (bicyclic) bond motifs is 1. The van der Waals surface area contributed by atoms with E-state index in [2.05, 4.69) is 9.97 Å². The van der Waals surface area contributed by atoms with Crippen LogP contribution in [0.3, 0.4) is 0 Å². The molecule has 0 spiro atoms. The fourth-order valence-electron chi connectivity index (χ4n) is 2.30. The van der Waals surface area contributed by atoms with E-state index >= 15 is 0 Å². The van der Waals surface area contributed by atoms with Crippen LogP contribution in [0.25, 0.3) is 11.0 Å². The van der Waals surface area contributed by atoms with E-state index in [1.165, 1.54) is 13.2 Å². The maximum Gasteiger partial charge on any atom is 0.276 e. The number of benzene rings is 2. The molecule has 1 aromatic heterocycles. The Morgan fingerprint density at radius 1 is 1.19 bits per heavy atom. The Morgan fingerprint density at radius 2 is 1.89 bits per heavy atom. The van der Waals surface area contributed by atoms with Crippen LogP contribution in [0.1, 0.15) is 6.92 Å². The Hall–Kier alpha value is -3.37. The molecule has 7 nitrogen and oxygen atoms in total. The van der Waals surface area contributed by atoms with Gasteiger partial charge in [-0.2, -0.15) is 5.26 Å². The molecule has 1 heterocycles. The summed E-state index contributed by atoms with van der Waals surface area (Å²) in [5.74, 6) is 0.939. The maximum atomic E-state index is 11.8. The van der Waals surface area contributed by atoms with E-state index < -0.39 is 12.0 Å². The number of halogens is 1. The van der Waals surface area contributed by atoms with Crippen molar-refractivity contribution in [3.8, 4) is 23.6 Å². The van der Waals surface area contributed by atoms with E-state index in [1.54, 1.807) is 55.6 Å². The first-order valence-corrected chi connectivity index (χ1v) is 8.38. The molecule has 0 saturated carbocycles. The molecule has 0 saturated heterocycles. The van der Waals surface area contributed by atoms with Crippen LogP contribution in [-0.4, -0.2) is 33.9 Å². The number of ether oxygens (including phenoxy) is 2. The van der Waals surface area contributed by atoms with E-state index in [0.717, 1.165) is 4.90 Å². The van der Waals surface area contributed by atoms with Crippen molar-refractivity contribution in [2.24, 2.45) is 0 Å². The summed E-state index contributed by atoms with van der Waals surface area (Å²) in [6, 6.07) is 11.9. The molecule has 2 aromatic carbocycles. The van der Waals surface area contributed by atoms with E-state index in [-0.39, 0.29) is 0 Å². The van der Waals surface area contributed by atoms with Crippen LogP contribution < -0.4 is 9.47 Å². The number of aromatic nitrogens is 2. The fourth-order valence-corrected chi connectivity index (χ4v) is 2.47. The highest BCUT2D eigenvalue weighted by molar-refractivity contribution is 6.31. The monoisotopic (exact) mass is 382 g/mol. The largest absolute Gasteiger partial charge is 0.481 e. The normalized spacial score (nSPS) is 11.5. The quantitative estimate of drug-likeness (QED) is 0.493. The first-order chi connectivity index (χ1) is 13.0. The third-order valence-electron chi connectivity index (χ3n) is 3.67. The number of hydrogen-bond donors (Lipinski definition) is 0. The van der Waals surface area contributed by atoms with Crippen molar-refractivity contribution in [2.45, 2.75) is 13.0 Å². The van der Waals surface area contributed by atoms with Gasteiger partial charge in [-0.15, -0.1) is 0 Å². The number of carbonyl (C=O) groups is 1. The molecule has 0 bridgehead atoms. The lowest BCUT2D eigenvalue weighted by Gasteiger charge is -2.16. The number of likely N-dealkylation sites (N-methyl/N-ethyl adjacent to an activating group) is 1. The first-order valence-electron chi connectivity index (χ1n) is 8.00. The number of nitriles is 1. The zero-order valence-corrected chi connectivity index (χ0v) is 15.3. The van der Waals surface area contributed by atoms with Gasteiger partial charge in [0, 0.05) is 12.1 Å². The molecule has 1 amide bonds. The highest BCUT2D eigenvalue weighted by Crippen LogP contribution is 2.25. The second-order valence-corrected chi connectivity index (χ2v) is 6.11. The molecule has 27 heavy (non-hydrogen) atoms. The van der Waals surface area contributed by atoms with Gasteiger partial charge >= 0.3 is 0 Å². The van der Waals surface area contributed by atoms with Gasteiger partial charge in [-0.25, -0.2) is 14.9 Å². The van der Waals surface area contributed by atoms with Crippen molar-refractivity contribution < 1.29 is 14.3 Å². The second kappa shape index (κ2) is 7.89. The first kappa shape index (κ1) is 18.4. The van der Waals surface area contributed by atoms with Gasteiger partial charge in [0.1, 0.15) is 11.5 Å². The number of amides is 1. The lowest BCUT2D eigenvalue weighted by atomic mass is 10.3. The Morgan fingerprint density at radius 3 is 2.59 bits per heavy atom. The molecule has 1 unspecified atom stereocenters. The van der Waals surface area contributed by atoms with Gasteiger partial charge in [0.05, 0.1) is 17.2 Å². The molecule has 0 radical (unpaired) electrons. The van der Waals surface area contributed by atoms with Gasteiger partial charge in [-0.1, -0.05) is 11.6 Å². The molecule has 3 rings (SSSR count). The van der Waals surface area contributed by atoms with Crippen molar-refractivity contribution in [1.29, 1.82) is 5.26 Å². The summed E-state index contributed by atoms with van der Waals surface area (Å²) in [5.41, 5.74) is 1.35. The summed E-state index contributed by atoms with van der Waals surface area (Å²) in [6.07, 6.45) is 2.48. The van der Waals surface area contributed by atoms with Crippen molar-refractivity contribution in [3.63, 3.8) is 0 Å². The highest BCUT2D eigenvalue weighted by atomic mass is 35.5. The molecule has 136 valence electrons. The van der Waals surface area contributed by atoms with Gasteiger partial charge in [0.2, 0.25) is 5.88 Å². The molecular formula is C19H15ClN4O3. The summed E-state index contributed by atoms with van der Waals surface area (Å²) in [7, 11) is 1.39. The molecule has 0 N–H and O–H groups in total. The van der Waals surface area contributed by atoms with Gasteiger partial charge in [0.25, 0.3) is 5.91 Å². The predicted molar refractivity (Wildman–Crippen MR) is 99.5 cm³/mol. The molecule has 0 aliphatic heterocycles. The summed E-state index contributed by atoms with van der Waals surface area (Å²) in [4.78, 5) is 21.4. The number of nitrogens with zero attached hydrogens (tertiary/aromatic N) is 4. The van der Waals surface area contributed by atoms with Crippen LogP contribution in [0.2, 0.25) is 5.02 Å². The summed E-state index contributed by atoms with van der Waals surface area (Å²) < 4.78 is 11.2.